The van der Waals surface area contributed by atoms with Gasteiger partial charge in [0, 0.05) is 13.5 Å². The van der Waals surface area contributed by atoms with Crippen molar-refractivity contribution in [2.24, 2.45) is 10.8 Å². The summed E-state index contributed by atoms with van der Waals surface area (Å²) < 4.78 is 11.7. The molecule has 137 valence electrons. The first-order valence-electron chi connectivity index (χ1n) is 7.98. The van der Waals surface area contributed by atoms with Gasteiger partial charge in [-0.1, -0.05) is 54.3 Å². The predicted molar refractivity (Wildman–Crippen MR) is 103 cm³/mol. The second-order valence-corrected chi connectivity index (χ2v) is 15.1. The molecule has 0 saturated carbocycles. The fourth-order valence-corrected chi connectivity index (χ4v) is 8.32. The van der Waals surface area contributed by atoms with E-state index in [-0.39, 0.29) is 31.9 Å². The molecule has 0 spiro atoms. The number of carbonyl (C=O) groups excluding carboxylic acids is 1. The van der Waals surface area contributed by atoms with Gasteiger partial charge in [-0.2, -0.15) is 0 Å². The van der Waals surface area contributed by atoms with E-state index in [1.165, 1.54) is 0 Å². The third kappa shape index (κ3) is 3.44. The second-order valence-electron chi connectivity index (χ2n) is 8.69. The monoisotopic (exact) mass is 379 g/mol. The van der Waals surface area contributed by atoms with Crippen LogP contribution in [0.5, 0.6) is 0 Å². The van der Waals surface area contributed by atoms with Crippen molar-refractivity contribution in [2.45, 2.75) is 71.2 Å². The topological polar surface area (TPSA) is 76.0 Å². The highest BCUT2D eigenvalue weighted by molar-refractivity contribution is 6.77. The van der Waals surface area contributed by atoms with Gasteiger partial charge < -0.3 is 19.1 Å². The fourth-order valence-electron chi connectivity index (χ4n) is 3.77. The molecule has 0 heterocycles. The standard InChI is InChI=1S/C15H35O5Si3/c1-11(23(6,7)8)13(5,12(2,3)4)15(19-21,20-22)14(18,9-16)10-17/h11,16,18H,9H2,1-8,21-22H3. The Morgan fingerprint density at radius 1 is 1.13 bits per heavy atom. The lowest BCUT2D eigenvalue weighted by atomic mass is 9.57. The van der Waals surface area contributed by atoms with Gasteiger partial charge in [-0.15, -0.1) is 0 Å². The van der Waals surface area contributed by atoms with Gasteiger partial charge in [0.2, 0.25) is 11.9 Å². The highest BCUT2D eigenvalue weighted by Crippen LogP contribution is 2.61. The summed E-state index contributed by atoms with van der Waals surface area (Å²) in [7, 11) is -1.19. The van der Waals surface area contributed by atoms with E-state index >= 15 is 0 Å². The minimum absolute atomic E-state index is 0.143. The molecule has 3 atom stereocenters. The average molecular weight is 380 g/mol. The molecular formula is C15H35O5Si3. The van der Waals surface area contributed by atoms with E-state index in [0.717, 1.165) is 0 Å². The van der Waals surface area contributed by atoms with Crippen LogP contribution in [0.25, 0.3) is 0 Å². The molecule has 3 unspecified atom stereocenters. The third-order valence-electron chi connectivity index (χ3n) is 5.92. The van der Waals surface area contributed by atoms with Crippen molar-refractivity contribution in [1.82, 2.24) is 0 Å². The number of hydrogen-bond acceptors (Lipinski definition) is 5. The average Bonchev–Trinajstić information content (AvgIpc) is 2.45. The van der Waals surface area contributed by atoms with Crippen LogP contribution in [0.4, 0.5) is 0 Å². The summed E-state index contributed by atoms with van der Waals surface area (Å²) in [4.78, 5) is 11.6. The van der Waals surface area contributed by atoms with E-state index in [2.05, 4.69) is 47.3 Å². The molecule has 0 aliphatic heterocycles. The second kappa shape index (κ2) is 7.19. The van der Waals surface area contributed by atoms with Gasteiger partial charge in [0.25, 0.3) is 0 Å². The fraction of sp³-hybridized carbons (Fsp3) is 0.933. The molecule has 0 aromatic carbocycles. The Balaban J connectivity index is 6.83. The van der Waals surface area contributed by atoms with E-state index < -0.39 is 31.5 Å². The molecule has 0 bridgehead atoms. The maximum atomic E-state index is 11.6. The van der Waals surface area contributed by atoms with Gasteiger partial charge in [0.05, 0.1) is 6.61 Å². The molecule has 0 saturated heterocycles. The summed E-state index contributed by atoms with van der Waals surface area (Å²) in [6.45, 7) is 16.3. The van der Waals surface area contributed by atoms with E-state index in [9.17, 15) is 15.0 Å². The van der Waals surface area contributed by atoms with Crippen LogP contribution < -0.4 is 0 Å². The maximum absolute atomic E-state index is 11.6. The highest BCUT2D eigenvalue weighted by atomic mass is 28.3. The van der Waals surface area contributed by atoms with E-state index in [1.54, 1.807) is 6.29 Å². The maximum Gasteiger partial charge on any atom is 0.241 e. The minimum atomic E-state index is -2.22. The van der Waals surface area contributed by atoms with Crippen LogP contribution in [0.2, 0.25) is 25.2 Å². The molecule has 1 radical (unpaired) electrons. The molecular weight excluding hydrogens is 344 g/mol. The van der Waals surface area contributed by atoms with E-state index in [4.69, 9.17) is 8.85 Å². The largest absolute Gasteiger partial charge is 0.399 e. The van der Waals surface area contributed by atoms with Crippen LogP contribution in [0.1, 0.15) is 34.6 Å². The Morgan fingerprint density at radius 2 is 1.52 bits per heavy atom. The zero-order chi connectivity index (χ0) is 18.9. The predicted octanol–water partition coefficient (Wildman–Crippen LogP) is -0.110. The van der Waals surface area contributed by atoms with Crippen LogP contribution in [0, 0.1) is 10.8 Å². The van der Waals surface area contributed by atoms with Gasteiger partial charge >= 0.3 is 0 Å². The highest BCUT2D eigenvalue weighted by Gasteiger charge is 2.69. The summed E-state index contributed by atoms with van der Waals surface area (Å²) in [6.07, 6.45) is 1.62. The summed E-state index contributed by atoms with van der Waals surface area (Å²) in [5, 5.41) is 20.7. The quantitative estimate of drug-likeness (QED) is 0.455. The normalized spacial score (nSPS) is 22.9. The molecule has 23 heavy (non-hydrogen) atoms. The molecule has 0 aliphatic carbocycles. The van der Waals surface area contributed by atoms with Crippen molar-refractivity contribution in [3.05, 3.63) is 0 Å². The number of rotatable bonds is 8. The molecule has 2 N–H and O–H groups in total. The zero-order valence-corrected chi connectivity index (χ0v) is 21.4. The van der Waals surface area contributed by atoms with Crippen molar-refractivity contribution in [3.8, 4) is 0 Å². The van der Waals surface area contributed by atoms with Gasteiger partial charge in [0.1, 0.15) is 21.0 Å². The van der Waals surface area contributed by atoms with Crippen molar-refractivity contribution in [1.29, 1.82) is 0 Å². The summed E-state index contributed by atoms with van der Waals surface area (Å²) >= 11 is 0. The van der Waals surface area contributed by atoms with Crippen molar-refractivity contribution >= 4 is 35.3 Å². The lowest BCUT2D eigenvalue weighted by Crippen LogP contribution is -2.73. The van der Waals surface area contributed by atoms with E-state index in [1.807, 2.05) is 6.92 Å². The van der Waals surface area contributed by atoms with Gasteiger partial charge in [-0.05, 0) is 11.0 Å². The lowest BCUT2D eigenvalue weighted by molar-refractivity contribution is -0.303. The Kier molecular flexibility index (Phi) is 7.24. The van der Waals surface area contributed by atoms with Crippen LogP contribution >= 0.6 is 0 Å². The number of hydrogen-bond donors (Lipinski definition) is 2. The molecule has 8 heteroatoms. The SMILES string of the molecule is CC(C(C)(C(C)(C)C)C(O[SiH3])(O[SiH3])C(O)([C]=O)CO)[Si](C)(C)C. The summed E-state index contributed by atoms with van der Waals surface area (Å²) in [5.41, 5.74) is -3.12. The van der Waals surface area contributed by atoms with E-state index in [0.29, 0.717) is 0 Å². The Hall–Kier alpha value is 0.161. The molecule has 0 aromatic heterocycles. The first kappa shape index (κ1) is 23.2. The first-order chi connectivity index (χ1) is 10.1. The summed E-state index contributed by atoms with van der Waals surface area (Å²) in [6, 6.07) is 0. The molecule has 0 aromatic rings. The Bertz CT molecular complexity index is 414. The Labute approximate surface area is 148 Å². The molecule has 0 aliphatic rings. The summed E-state index contributed by atoms with van der Waals surface area (Å²) in [5.74, 6) is -1.60. The molecule has 0 amide bonds. The van der Waals surface area contributed by atoms with Crippen molar-refractivity contribution in [3.63, 3.8) is 0 Å². The van der Waals surface area contributed by atoms with Crippen LogP contribution in [-0.4, -0.2) is 63.5 Å². The van der Waals surface area contributed by atoms with Crippen molar-refractivity contribution < 1.29 is 23.9 Å². The number of aliphatic hydroxyl groups excluding tert-OH is 1. The molecule has 0 rings (SSSR count). The van der Waals surface area contributed by atoms with Crippen LogP contribution in [0.15, 0.2) is 0 Å². The van der Waals surface area contributed by atoms with Crippen molar-refractivity contribution in [2.75, 3.05) is 6.61 Å². The van der Waals surface area contributed by atoms with Gasteiger partial charge in [-0.3, -0.25) is 4.79 Å². The smallest absolute Gasteiger partial charge is 0.241 e. The zero-order valence-electron chi connectivity index (χ0n) is 16.4. The molecule has 5 nitrogen and oxygen atoms in total. The molecule has 0 fully saturated rings. The van der Waals surface area contributed by atoms with Gasteiger partial charge in [0.15, 0.2) is 5.79 Å². The van der Waals surface area contributed by atoms with Crippen LogP contribution in [0.3, 0.4) is 0 Å². The third-order valence-corrected chi connectivity index (χ3v) is 10.2. The van der Waals surface area contributed by atoms with Crippen LogP contribution in [-0.2, 0) is 13.6 Å². The first-order valence-corrected chi connectivity index (χ1v) is 13.2. The number of aliphatic hydroxyl groups is 2. The lowest BCUT2D eigenvalue weighted by Gasteiger charge is -2.62. The Morgan fingerprint density at radius 3 is 1.70 bits per heavy atom. The minimum Gasteiger partial charge on any atom is -0.399 e. The van der Waals surface area contributed by atoms with Gasteiger partial charge in [-0.25, -0.2) is 0 Å².